The highest BCUT2D eigenvalue weighted by Gasteiger charge is 2.13. The molecule has 2 N–H and O–H groups in total. The van der Waals surface area contributed by atoms with E-state index < -0.39 is 0 Å². The second-order valence-corrected chi connectivity index (χ2v) is 4.40. The number of hydrogen-bond acceptors (Lipinski definition) is 4. The Kier molecular flexibility index (Phi) is 2.63. The normalized spacial score (nSPS) is 10.8. The zero-order chi connectivity index (χ0) is 13.4. The average molecular weight is 254 g/mol. The SMILES string of the molecule is COc1ccc(N)c(-c2nc3cccc(C)c3o2)c1. The third-order valence-corrected chi connectivity index (χ3v) is 3.10. The third-order valence-electron chi connectivity index (χ3n) is 3.10. The van der Waals surface area contributed by atoms with Crippen LogP contribution in [-0.2, 0) is 0 Å². The first kappa shape index (κ1) is 11.6. The van der Waals surface area contributed by atoms with Gasteiger partial charge in [0.1, 0.15) is 11.3 Å². The maximum Gasteiger partial charge on any atom is 0.229 e. The highest BCUT2D eigenvalue weighted by Crippen LogP contribution is 2.32. The highest BCUT2D eigenvalue weighted by molar-refractivity contribution is 5.82. The summed E-state index contributed by atoms with van der Waals surface area (Å²) in [7, 11) is 1.62. The van der Waals surface area contributed by atoms with Crippen LogP contribution in [0.3, 0.4) is 0 Å². The van der Waals surface area contributed by atoms with E-state index in [9.17, 15) is 0 Å². The fourth-order valence-corrected chi connectivity index (χ4v) is 2.05. The summed E-state index contributed by atoms with van der Waals surface area (Å²) in [6, 6.07) is 11.3. The zero-order valence-electron chi connectivity index (χ0n) is 10.8. The van der Waals surface area contributed by atoms with Crippen molar-refractivity contribution in [1.82, 2.24) is 4.98 Å². The second kappa shape index (κ2) is 4.31. The number of para-hydroxylation sites is 1. The van der Waals surface area contributed by atoms with Gasteiger partial charge in [-0.15, -0.1) is 0 Å². The van der Waals surface area contributed by atoms with Crippen LogP contribution in [-0.4, -0.2) is 12.1 Å². The van der Waals surface area contributed by atoms with Gasteiger partial charge in [-0.25, -0.2) is 4.98 Å². The quantitative estimate of drug-likeness (QED) is 0.712. The van der Waals surface area contributed by atoms with Crippen LogP contribution in [0, 0.1) is 6.92 Å². The molecule has 96 valence electrons. The molecule has 0 saturated carbocycles. The summed E-state index contributed by atoms with van der Waals surface area (Å²) in [4.78, 5) is 4.48. The molecule has 3 aromatic rings. The number of anilines is 1. The Bertz CT molecular complexity index is 747. The molecule has 0 fully saturated rings. The molecule has 1 heterocycles. The molecular formula is C15H14N2O2. The number of nitrogen functional groups attached to an aromatic ring is 1. The summed E-state index contributed by atoms with van der Waals surface area (Å²) in [6.45, 7) is 1.99. The molecule has 0 spiro atoms. The predicted molar refractivity (Wildman–Crippen MR) is 75.1 cm³/mol. The second-order valence-electron chi connectivity index (χ2n) is 4.40. The van der Waals surface area contributed by atoms with Crippen LogP contribution in [0.5, 0.6) is 5.75 Å². The lowest BCUT2D eigenvalue weighted by Crippen LogP contribution is -1.91. The van der Waals surface area contributed by atoms with Crippen molar-refractivity contribution >= 4 is 16.8 Å². The average Bonchev–Trinajstić information content (AvgIpc) is 2.84. The molecular weight excluding hydrogens is 240 g/mol. The van der Waals surface area contributed by atoms with Crippen LogP contribution in [0.2, 0.25) is 0 Å². The summed E-state index contributed by atoms with van der Waals surface area (Å²) in [5, 5.41) is 0. The first-order valence-electron chi connectivity index (χ1n) is 5.99. The molecule has 4 nitrogen and oxygen atoms in total. The number of hydrogen-bond donors (Lipinski definition) is 1. The first-order chi connectivity index (χ1) is 9.19. The summed E-state index contributed by atoms with van der Waals surface area (Å²) in [5.41, 5.74) is 10.0. The third kappa shape index (κ3) is 1.91. The van der Waals surface area contributed by atoms with Gasteiger partial charge in [-0.05, 0) is 36.8 Å². The Morgan fingerprint density at radius 3 is 2.79 bits per heavy atom. The minimum atomic E-state index is 0.515. The molecule has 0 radical (unpaired) electrons. The van der Waals surface area contributed by atoms with Crippen molar-refractivity contribution in [2.75, 3.05) is 12.8 Å². The fraction of sp³-hybridized carbons (Fsp3) is 0.133. The van der Waals surface area contributed by atoms with Gasteiger partial charge in [-0.1, -0.05) is 12.1 Å². The highest BCUT2D eigenvalue weighted by atomic mass is 16.5. The van der Waals surface area contributed by atoms with Gasteiger partial charge < -0.3 is 14.9 Å². The molecule has 4 heteroatoms. The van der Waals surface area contributed by atoms with Crippen LogP contribution < -0.4 is 10.5 Å². The molecule has 0 saturated heterocycles. The maximum atomic E-state index is 5.98. The van der Waals surface area contributed by atoms with Gasteiger partial charge in [-0.3, -0.25) is 0 Å². The molecule has 1 aromatic heterocycles. The molecule has 19 heavy (non-hydrogen) atoms. The smallest absolute Gasteiger partial charge is 0.229 e. The molecule has 0 amide bonds. The van der Waals surface area contributed by atoms with E-state index >= 15 is 0 Å². The van der Waals surface area contributed by atoms with Gasteiger partial charge in [0.15, 0.2) is 5.58 Å². The van der Waals surface area contributed by atoms with Gasteiger partial charge in [-0.2, -0.15) is 0 Å². The lowest BCUT2D eigenvalue weighted by Gasteiger charge is -2.04. The van der Waals surface area contributed by atoms with Crippen molar-refractivity contribution in [3.8, 4) is 17.2 Å². The number of aromatic nitrogens is 1. The lowest BCUT2D eigenvalue weighted by molar-refractivity contribution is 0.415. The van der Waals surface area contributed by atoms with Crippen molar-refractivity contribution in [3.05, 3.63) is 42.0 Å². The summed E-state index contributed by atoms with van der Waals surface area (Å²) >= 11 is 0. The van der Waals surface area contributed by atoms with Crippen LogP contribution >= 0.6 is 0 Å². The number of aryl methyl sites for hydroxylation is 1. The summed E-state index contributed by atoms with van der Waals surface area (Å²) < 4.78 is 11.0. The Balaban J connectivity index is 2.21. The molecule has 3 rings (SSSR count). The maximum absolute atomic E-state index is 5.98. The summed E-state index contributed by atoms with van der Waals surface area (Å²) in [6.07, 6.45) is 0. The van der Waals surface area contributed by atoms with Crippen molar-refractivity contribution in [1.29, 1.82) is 0 Å². The van der Waals surface area contributed by atoms with Crippen LogP contribution in [0.15, 0.2) is 40.8 Å². The van der Waals surface area contributed by atoms with E-state index in [-0.39, 0.29) is 0 Å². The minimum absolute atomic E-state index is 0.515. The number of methoxy groups -OCH3 is 1. The number of fused-ring (bicyclic) bond motifs is 1. The van der Waals surface area contributed by atoms with Crippen molar-refractivity contribution in [3.63, 3.8) is 0 Å². The van der Waals surface area contributed by atoms with Gasteiger partial charge in [0.25, 0.3) is 0 Å². The standard InChI is InChI=1S/C15H14N2O2/c1-9-4-3-5-13-14(9)19-15(17-13)11-8-10(18-2)6-7-12(11)16/h3-8H,16H2,1-2H3. The van der Waals surface area contributed by atoms with Crippen molar-refractivity contribution in [2.24, 2.45) is 0 Å². The van der Waals surface area contributed by atoms with Crippen molar-refractivity contribution < 1.29 is 9.15 Å². The lowest BCUT2D eigenvalue weighted by atomic mass is 10.1. The van der Waals surface area contributed by atoms with E-state index in [2.05, 4.69) is 4.98 Å². The van der Waals surface area contributed by atoms with Crippen molar-refractivity contribution in [2.45, 2.75) is 6.92 Å². The number of rotatable bonds is 2. The zero-order valence-corrected chi connectivity index (χ0v) is 10.8. The topological polar surface area (TPSA) is 61.3 Å². The Morgan fingerprint density at radius 1 is 1.21 bits per heavy atom. The Morgan fingerprint density at radius 2 is 2.05 bits per heavy atom. The Hall–Kier alpha value is -2.49. The molecule has 0 aliphatic carbocycles. The van der Waals surface area contributed by atoms with E-state index in [0.29, 0.717) is 11.6 Å². The molecule has 0 bridgehead atoms. The van der Waals surface area contributed by atoms with Gasteiger partial charge in [0.05, 0.1) is 12.7 Å². The predicted octanol–water partition coefficient (Wildman–Crippen LogP) is 3.39. The van der Waals surface area contributed by atoms with Crippen LogP contribution in [0.1, 0.15) is 5.56 Å². The fourth-order valence-electron chi connectivity index (χ4n) is 2.05. The van der Waals surface area contributed by atoms with E-state index in [1.54, 1.807) is 13.2 Å². The molecule has 2 aromatic carbocycles. The monoisotopic (exact) mass is 254 g/mol. The summed E-state index contributed by atoms with van der Waals surface area (Å²) in [5.74, 6) is 1.24. The largest absolute Gasteiger partial charge is 0.497 e. The van der Waals surface area contributed by atoms with Crippen LogP contribution in [0.4, 0.5) is 5.69 Å². The number of ether oxygens (including phenoxy) is 1. The minimum Gasteiger partial charge on any atom is -0.497 e. The number of nitrogens with two attached hydrogens (primary N) is 1. The number of oxazole rings is 1. The van der Waals surface area contributed by atoms with Gasteiger partial charge in [0.2, 0.25) is 5.89 Å². The van der Waals surface area contributed by atoms with E-state index in [0.717, 1.165) is 28.0 Å². The van der Waals surface area contributed by atoms with E-state index in [1.807, 2.05) is 37.3 Å². The molecule has 0 aliphatic rings. The van der Waals surface area contributed by atoms with Gasteiger partial charge in [0, 0.05) is 5.69 Å². The number of benzene rings is 2. The Labute approximate surface area is 110 Å². The van der Waals surface area contributed by atoms with E-state index in [4.69, 9.17) is 14.9 Å². The van der Waals surface area contributed by atoms with Crippen LogP contribution in [0.25, 0.3) is 22.6 Å². The van der Waals surface area contributed by atoms with Gasteiger partial charge >= 0.3 is 0 Å². The number of nitrogens with zero attached hydrogens (tertiary/aromatic N) is 1. The van der Waals surface area contributed by atoms with E-state index in [1.165, 1.54) is 0 Å². The molecule has 0 aliphatic heterocycles. The molecule has 0 unspecified atom stereocenters. The molecule has 0 atom stereocenters. The first-order valence-corrected chi connectivity index (χ1v) is 5.99.